The van der Waals surface area contributed by atoms with Crippen molar-refractivity contribution in [2.45, 2.75) is 18.8 Å². The van der Waals surface area contributed by atoms with Crippen molar-refractivity contribution in [1.29, 1.82) is 0 Å². The van der Waals surface area contributed by atoms with Gasteiger partial charge in [0.15, 0.2) is 11.5 Å². The van der Waals surface area contributed by atoms with Crippen molar-refractivity contribution in [2.24, 2.45) is 0 Å². The van der Waals surface area contributed by atoms with Gasteiger partial charge in [-0.05, 0) is 41.8 Å². The number of amides is 1. The zero-order valence-electron chi connectivity index (χ0n) is 19.8. The second-order valence-electron chi connectivity index (χ2n) is 8.08. The van der Waals surface area contributed by atoms with E-state index < -0.39 is 0 Å². The molecule has 0 saturated heterocycles. The van der Waals surface area contributed by atoms with Crippen molar-refractivity contribution in [3.63, 3.8) is 0 Å². The molecule has 6 heteroatoms. The highest BCUT2D eigenvalue weighted by Crippen LogP contribution is 2.37. The molecule has 1 atom stereocenters. The molecular formula is C28H30N2O4. The van der Waals surface area contributed by atoms with E-state index in [0.717, 1.165) is 33.3 Å². The van der Waals surface area contributed by atoms with Gasteiger partial charge in [-0.3, -0.25) is 4.79 Å². The molecule has 0 bridgehead atoms. The van der Waals surface area contributed by atoms with Gasteiger partial charge in [0.1, 0.15) is 5.75 Å². The van der Waals surface area contributed by atoms with Gasteiger partial charge >= 0.3 is 0 Å². The lowest BCUT2D eigenvalue weighted by Crippen LogP contribution is -2.27. The summed E-state index contributed by atoms with van der Waals surface area (Å²) in [5, 5.41) is 4.19. The Labute approximate surface area is 199 Å². The number of aromatic nitrogens is 1. The third-order valence-corrected chi connectivity index (χ3v) is 6.08. The Bertz CT molecular complexity index is 1260. The van der Waals surface area contributed by atoms with Crippen molar-refractivity contribution in [2.75, 3.05) is 27.9 Å². The molecule has 3 aromatic carbocycles. The van der Waals surface area contributed by atoms with Crippen LogP contribution in [0.15, 0.2) is 72.9 Å². The summed E-state index contributed by atoms with van der Waals surface area (Å²) in [5.41, 5.74) is 4.18. The third kappa shape index (κ3) is 5.01. The molecule has 4 rings (SSSR count). The fourth-order valence-corrected chi connectivity index (χ4v) is 4.36. The first-order valence-corrected chi connectivity index (χ1v) is 11.3. The van der Waals surface area contributed by atoms with E-state index in [4.69, 9.17) is 14.2 Å². The lowest BCUT2D eigenvalue weighted by molar-refractivity contribution is -0.121. The minimum absolute atomic E-state index is 0.0123. The van der Waals surface area contributed by atoms with E-state index >= 15 is 0 Å². The summed E-state index contributed by atoms with van der Waals surface area (Å²) in [7, 11) is 4.89. The number of hydrogen-bond acceptors (Lipinski definition) is 4. The van der Waals surface area contributed by atoms with Crippen LogP contribution in [0.2, 0.25) is 0 Å². The fraction of sp³-hybridized carbons (Fsp3) is 0.250. The average Bonchev–Trinajstić information content (AvgIpc) is 3.31. The molecule has 1 amide bonds. The summed E-state index contributed by atoms with van der Waals surface area (Å²) < 4.78 is 16.3. The molecular weight excluding hydrogens is 428 g/mol. The Balaban J connectivity index is 1.51. The van der Waals surface area contributed by atoms with E-state index in [1.54, 1.807) is 21.3 Å². The highest BCUT2D eigenvalue weighted by Gasteiger charge is 2.24. The lowest BCUT2D eigenvalue weighted by atomic mass is 9.87. The SMILES string of the molecule is COc1ccc(CCNC(=O)C[C@H](c2ccccc2OC)c2c[nH]c3ccccc23)cc1OC. The summed E-state index contributed by atoms with van der Waals surface area (Å²) in [5.74, 6) is 1.99. The topological polar surface area (TPSA) is 72.6 Å². The van der Waals surface area contributed by atoms with E-state index in [0.29, 0.717) is 30.9 Å². The Morgan fingerprint density at radius 1 is 0.853 bits per heavy atom. The normalized spacial score (nSPS) is 11.7. The summed E-state index contributed by atoms with van der Waals surface area (Å²) in [6, 6.07) is 21.8. The standard InChI is InChI=1S/C28H30N2O4/c1-32-25-11-7-5-9-21(25)22(23-18-30-24-10-6-4-8-20(23)24)17-28(31)29-15-14-19-12-13-26(33-2)27(16-19)34-3/h4-13,16,18,22,30H,14-15,17H2,1-3H3,(H,29,31)/t22-/m1/s1. The fourth-order valence-electron chi connectivity index (χ4n) is 4.36. The van der Waals surface area contributed by atoms with Crippen molar-refractivity contribution >= 4 is 16.8 Å². The summed E-state index contributed by atoms with van der Waals surface area (Å²) in [6.45, 7) is 0.529. The van der Waals surface area contributed by atoms with Gasteiger partial charge in [-0.25, -0.2) is 0 Å². The zero-order valence-corrected chi connectivity index (χ0v) is 19.8. The number of H-pyrrole nitrogens is 1. The number of hydrogen-bond donors (Lipinski definition) is 2. The van der Waals surface area contributed by atoms with Crippen molar-refractivity contribution in [3.05, 3.63) is 89.6 Å². The van der Waals surface area contributed by atoms with Crippen LogP contribution < -0.4 is 19.5 Å². The van der Waals surface area contributed by atoms with Crippen LogP contribution in [0.4, 0.5) is 0 Å². The summed E-state index contributed by atoms with van der Waals surface area (Å²) in [6.07, 6.45) is 3.01. The van der Waals surface area contributed by atoms with Crippen LogP contribution in [-0.4, -0.2) is 38.8 Å². The van der Waals surface area contributed by atoms with Crippen LogP contribution in [-0.2, 0) is 11.2 Å². The monoisotopic (exact) mass is 458 g/mol. The molecule has 4 aromatic rings. The molecule has 0 radical (unpaired) electrons. The highest BCUT2D eigenvalue weighted by atomic mass is 16.5. The largest absolute Gasteiger partial charge is 0.496 e. The van der Waals surface area contributed by atoms with E-state index in [9.17, 15) is 4.79 Å². The average molecular weight is 459 g/mol. The van der Waals surface area contributed by atoms with Crippen LogP contribution in [0.5, 0.6) is 17.2 Å². The molecule has 6 nitrogen and oxygen atoms in total. The van der Waals surface area contributed by atoms with Crippen LogP contribution >= 0.6 is 0 Å². The molecule has 176 valence electrons. The Hall–Kier alpha value is -3.93. The third-order valence-electron chi connectivity index (χ3n) is 6.08. The van der Waals surface area contributed by atoms with Crippen LogP contribution in [0, 0.1) is 0 Å². The van der Waals surface area contributed by atoms with Crippen molar-refractivity contribution in [3.8, 4) is 17.2 Å². The van der Waals surface area contributed by atoms with E-state index in [2.05, 4.69) is 16.4 Å². The number of aromatic amines is 1. The van der Waals surface area contributed by atoms with Gasteiger partial charge in [-0.15, -0.1) is 0 Å². The number of nitrogens with one attached hydrogen (secondary N) is 2. The smallest absolute Gasteiger partial charge is 0.220 e. The predicted molar refractivity (Wildman–Crippen MR) is 134 cm³/mol. The summed E-state index contributed by atoms with van der Waals surface area (Å²) >= 11 is 0. The van der Waals surface area contributed by atoms with Crippen molar-refractivity contribution < 1.29 is 19.0 Å². The maximum atomic E-state index is 13.1. The van der Waals surface area contributed by atoms with Gasteiger partial charge in [-0.1, -0.05) is 42.5 Å². The van der Waals surface area contributed by atoms with Crippen molar-refractivity contribution in [1.82, 2.24) is 10.3 Å². The van der Waals surface area contributed by atoms with Gasteiger partial charge in [-0.2, -0.15) is 0 Å². The maximum Gasteiger partial charge on any atom is 0.220 e. The number of carbonyl (C=O) groups excluding carboxylic acids is 1. The first kappa shape index (κ1) is 23.2. The molecule has 2 N–H and O–H groups in total. The van der Waals surface area contributed by atoms with E-state index in [1.807, 2.05) is 66.9 Å². The molecule has 0 aliphatic carbocycles. The number of para-hydroxylation sites is 2. The van der Waals surface area contributed by atoms with Crippen LogP contribution in [0.25, 0.3) is 10.9 Å². The number of methoxy groups -OCH3 is 3. The first-order valence-electron chi connectivity index (χ1n) is 11.3. The number of rotatable bonds is 10. The van der Waals surface area contributed by atoms with Crippen LogP contribution in [0.3, 0.4) is 0 Å². The molecule has 0 unspecified atom stereocenters. The van der Waals surface area contributed by atoms with E-state index in [1.165, 1.54) is 0 Å². The predicted octanol–water partition coefficient (Wildman–Crippen LogP) is 5.07. The molecule has 0 saturated carbocycles. The second kappa shape index (κ2) is 10.8. The number of benzene rings is 3. The minimum Gasteiger partial charge on any atom is -0.496 e. The summed E-state index contributed by atoms with van der Waals surface area (Å²) in [4.78, 5) is 16.4. The lowest BCUT2D eigenvalue weighted by Gasteiger charge is -2.20. The quantitative estimate of drug-likeness (QED) is 0.348. The first-order chi connectivity index (χ1) is 16.6. The van der Waals surface area contributed by atoms with Crippen LogP contribution in [0.1, 0.15) is 29.0 Å². The number of fused-ring (bicyclic) bond motifs is 1. The zero-order chi connectivity index (χ0) is 23.9. The number of carbonyl (C=O) groups is 1. The minimum atomic E-state index is -0.145. The molecule has 1 heterocycles. The maximum absolute atomic E-state index is 13.1. The second-order valence-corrected chi connectivity index (χ2v) is 8.08. The molecule has 0 aliphatic heterocycles. The van der Waals surface area contributed by atoms with Gasteiger partial charge in [0.2, 0.25) is 5.91 Å². The highest BCUT2D eigenvalue weighted by molar-refractivity contribution is 5.86. The Morgan fingerprint density at radius 2 is 1.59 bits per heavy atom. The van der Waals surface area contributed by atoms with Gasteiger partial charge in [0, 0.05) is 41.5 Å². The van der Waals surface area contributed by atoms with Gasteiger partial charge < -0.3 is 24.5 Å². The number of ether oxygens (including phenoxy) is 3. The molecule has 34 heavy (non-hydrogen) atoms. The van der Waals surface area contributed by atoms with Gasteiger partial charge in [0.05, 0.1) is 21.3 Å². The Morgan fingerprint density at radius 3 is 2.38 bits per heavy atom. The molecule has 0 spiro atoms. The molecule has 0 fully saturated rings. The van der Waals surface area contributed by atoms with Gasteiger partial charge in [0.25, 0.3) is 0 Å². The Kier molecular flexibility index (Phi) is 7.38. The molecule has 1 aromatic heterocycles. The molecule has 0 aliphatic rings. The van der Waals surface area contributed by atoms with E-state index in [-0.39, 0.29) is 11.8 Å².